The zero-order valence-corrected chi connectivity index (χ0v) is 19.7. The van der Waals surface area contributed by atoms with E-state index in [1.807, 2.05) is 0 Å². The number of rotatable bonds is 3. The van der Waals surface area contributed by atoms with Crippen molar-refractivity contribution in [1.82, 2.24) is 0 Å². The van der Waals surface area contributed by atoms with Crippen LogP contribution in [-0.2, 0) is 28.6 Å². The SMILES string of the molecule is C=C1C(=O)C23CC[C@H]1CC2[C@@]12CCC[C@@](C)(COC1=O)C2C[C@H]3OS(=O)(=O)c1ccccc1. The van der Waals surface area contributed by atoms with E-state index in [-0.39, 0.29) is 39.8 Å². The number of ether oxygens (including phenoxy) is 1. The van der Waals surface area contributed by atoms with Gasteiger partial charge in [-0.15, -0.1) is 0 Å². The summed E-state index contributed by atoms with van der Waals surface area (Å²) in [5.74, 6) is -0.575. The molecule has 1 aliphatic heterocycles. The van der Waals surface area contributed by atoms with Gasteiger partial charge in [0.1, 0.15) is 0 Å². The molecular weight excluding hydrogens is 440 g/mol. The van der Waals surface area contributed by atoms with E-state index in [0.29, 0.717) is 37.9 Å². The van der Waals surface area contributed by atoms with E-state index in [4.69, 9.17) is 8.92 Å². The van der Waals surface area contributed by atoms with Gasteiger partial charge in [-0.2, -0.15) is 8.42 Å². The number of carbonyl (C=O) groups excluding carboxylic acids is 2. The fourth-order valence-electron chi connectivity index (χ4n) is 8.41. The lowest BCUT2D eigenvalue weighted by atomic mass is 9.35. The summed E-state index contributed by atoms with van der Waals surface area (Å²) in [7, 11) is -4.08. The van der Waals surface area contributed by atoms with Gasteiger partial charge in [0.05, 0.1) is 28.4 Å². The highest BCUT2D eigenvalue weighted by molar-refractivity contribution is 7.86. The molecule has 7 rings (SSSR count). The molecule has 1 spiro atoms. The minimum absolute atomic E-state index is 0.0480. The predicted molar refractivity (Wildman–Crippen MR) is 119 cm³/mol. The van der Waals surface area contributed by atoms with Gasteiger partial charge >= 0.3 is 5.97 Å². The van der Waals surface area contributed by atoms with Crippen molar-refractivity contribution in [3.05, 3.63) is 42.5 Å². The van der Waals surface area contributed by atoms with E-state index in [9.17, 15) is 18.0 Å². The smallest absolute Gasteiger partial charge is 0.312 e. The van der Waals surface area contributed by atoms with E-state index >= 15 is 0 Å². The molecule has 7 heteroatoms. The van der Waals surface area contributed by atoms with Crippen LogP contribution in [0, 0.1) is 34.0 Å². The number of carbonyl (C=O) groups is 2. The Kier molecular flexibility index (Phi) is 4.43. The molecule has 6 aliphatic rings. The Morgan fingerprint density at radius 3 is 2.55 bits per heavy atom. The third-order valence-corrected chi connectivity index (χ3v) is 11.2. The van der Waals surface area contributed by atoms with Crippen LogP contribution in [0.1, 0.15) is 51.9 Å². The lowest BCUT2D eigenvalue weighted by molar-refractivity contribution is -0.251. The van der Waals surface area contributed by atoms with Crippen molar-refractivity contribution in [3.63, 3.8) is 0 Å². The van der Waals surface area contributed by atoms with Gasteiger partial charge in [0.25, 0.3) is 10.1 Å². The maximum atomic E-state index is 13.9. The average molecular weight is 471 g/mol. The van der Waals surface area contributed by atoms with Crippen LogP contribution in [0.4, 0.5) is 0 Å². The minimum Gasteiger partial charge on any atom is -0.465 e. The normalized spacial score (nSPS) is 44.1. The molecule has 5 saturated carbocycles. The molecule has 1 aromatic carbocycles. The first-order valence-corrected chi connectivity index (χ1v) is 13.5. The summed E-state index contributed by atoms with van der Waals surface area (Å²) in [6, 6.07) is 8.11. The first-order valence-electron chi connectivity index (χ1n) is 12.0. The number of Topliss-reactive ketones (excluding diaryl/α,β-unsaturated/α-hetero) is 1. The molecule has 0 aromatic heterocycles. The molecule has 176 valence electrons. The van der Waals surface area contributed by atoms with Crippen LogP contribution >= 0.6 is 0 Å². The van der Waals surface area contributed by atoms with Crippen LogP contribution in [0.2, 0.25) is 0 Å². The second-order valence-electron chi connectivity index (χ2n) is 11.2. The van der Waals surface area contributed by atoms with E-state index < -0.39 is 27.1 Å². The van der Waals surface area contributed by atoms with Gasteiger partial charge in [0.2, 0.25) is 0 Å². The van der Waals surface area contributed by atoms with Crippen molar-refractivity contribution in [1.29, 1.82) is 0 Å². The number of hydrogen-bond acceptors (Lipinski definition) is 6. The number of esters is 1. The molecule has 33 heavy (non-hydrogen) atoms. The molecule has 6 nitrogen and oxygen atoms in total. The fraction of sp³-hybridized carbons (Fsp3) is 0.615. The molecule has 1 heterocycles. The van der Waals surface area contributed by atoms with E-state index in [1.54, 1.807) is 18.2 Å². The molecule has 1 saturated heterocycles. The van der Waals surface area contributed by atoms with Gasteiger partial charge in [0.15, 0.2) is 5.78 Å². The van der Waals surface area contributed by atoms with Gasteiger partial charge in [-0.25, -0.2) is 0 Å². The maximum absolute atomic E-state index is 13.9. The summed E-state index contributed by atoms with van der Waals surface area (Å²) < 4.78 is 38.5. The quantitative estimate of drug-likeness (QED) is 0.376. The van der Waals surface area contributed by atoms with Crippen molar-refractivity contribution in [2.24, 2.45) is 34.0 Å². The van der Waals surface area contributed by atoms with Gasteiger partial charge in [-0.3, -0.25) is 13.8 Å². The molecule has 4 bridgehead atoms. The maximum Gasteiger partial charge on any atom is 0.312 e. The molecule has 0 N–H and O–H groups in total. The second kappa shape index (κ2) is 6.79. The highest BCUT2D eigenvalue weighted by atomic mass is 32.2. The summed E-state index contributed by atoms with van der Waals surface area (Å²) in [5, 5.41) is 0. The Hall–Kier alpha value is -1.99. The van der Waals surface area contributed by atoms with Crippen molar-refractivity contribution in [3.8, 4) is 0 Å². The van der Waals surface area contributed by atoms with Gasteiger partial charge in [0, 0.05) is 5.41 Å². The zero-order valence-electron chi connectivity index (χ0n) is 18.9. The Labute approximate surface area is 194 Å². The van der Waals surface area contributed by atoms with E-state index in [1.165, 1.54) is 12.1 Å². The molecule has 6 fully saturated rings. The summed E-state index contributed by atoms with van der Waals surface area (Å²) in [5.41, 5.74) is -1.45. The first-order chi connectivity index (χ1) is 15.7. The first kappa shape index (κ1) is 21.5. The van der Waals surface area contributed by atoms with Gasteiger partial charge < -0.3 is 4.74 Å². The Bertz CT molecular complexity index is 1160. The number of ketones is 1. The summed E-state index contributed by atoms with van der Waals surface area (Å²) in [6.45, 7) is 6.60. The fourth-order valence-corrected chi connectivity index (χ4v) is 9.57. The summed E-state index contributed by atoms with van der Waals surface area (Å²) in [6.07, 6.45) is 4.10. The summed E-state index contributed by atoms with van der Waals surface area (Å²) in [4.78, 5) is 27.5. The van der Waals surface area contributed by atoms with Crippen molar-refractivity contribution < 1.29 is 26.9 Å². The van der Waals surface area contributed by atoms with Crippen LogP contribution in [0.5, 0.6) is 0 Å². The lowest BCUT2D eigenvalue weighted by Crippen LogP contribution is -2.73. The number of benzene rings is 1. The minimum atomic E-state index is -4.08. The highest BCUT2D eigenvalue weighted by Crippen LogP contribution is 2.73. The molecular formula is C26H30O6S. The van der Waals surface area contributed by atoms with Crippen molar-refractivity contribution in [2.75, 3.05) is 6.61 Å². The number of cyclic esters (lactones) is 1. The average Bonchev–Trinajstić information content (AvgIpc) is 2.81. The monoisotopic (exact) mass is 470 g/mol. The number of allylic oxidation sites excluding steroid dienone is 1. The van der Waals surface area contributed by atoms with E-state index in [0.717, 1.165) is 19.3 Å². The Morgan fingerprint density at radius 1 is 1.03 bits per heavy atom. The highest BCUT2D eigenvalue weighted by Gasteiger charge is 2.76. The number of fused-ring (bicyclic) bond motifs is 2. The Balaban J connectivity index is 1.51. The second-order valence-corrected chi connectivity index (χ2v) is 12.8. The van der Waals surface area contributed by atoms with Gasteiger partial charge in [-0.05, 0) is 74.0 Å². The van der Waals surface area contributed by atoms with Crippen molar-refractivity contribution in [2.45, 2.75) is 62.9 Å². The standard InChI is InChI=1S/C26H30O6S/c1-16-17-9-12-26(22(16)27)20(13-17)25-11-6-10-24(2,15-31-23(25)28)19(25)14-21(26)32-33(29,30)18-7-4-3-5-8-18/h3-5,7-8,17,19-21H,1,6,9-15H2,2H3/t17-,19?,20?,21+,24-,25-,26?/m0/s1. The summed E-state index contributed by atoms with van der Waals surface area (Å²) >= 11 is 0. The van der Waals surface area contributed by atoms with Crippen LogP contribution in [-0.4, -0.2) is 32.9 Å². The van der Waals surface area contributed by atoms with Crippen LogP contribution < -0.4 is 0 Å². The molecule has 1 aromatic rings. The Morgan fingerprint density at radius 2 is 1.79 bits per heavy atom. The van der Waals surface area contributed by atoms with E-state index in [2.05, 4.69) is 13.5 Å². The zero-order chi connectivity index (χ0) is 23.2. The van der Waals surface area contributed by atoms with Crippen LogP contribution in [0.15, 0.2) is 47.4 Å². The van der Waals surface area contributed by atoms with Crippen LogP contribution in [0.25, 0.3) is 0 Å². The van der Waals surface area contributed by atoms with Crippen molar-refractivity contribution >= 4 is 21.9 Å². The molecule has 0 amide bonds. The molecule has 0 radical (unpaired) electrons. The largest absolute Gasteiger partial charge is 0.465 e. The molecule has 3 unspecified atom stereocenters. The topological polar surface area (TPSA) is 86.7 Å². The third-order valence-electron chi connectivity index (χ3n) is 9.89. The van der Waals surface area contributed by atoms with Gasteiger partial charge in [-0.1, -0.05) is 38.1 Å². The molecule has 5 aliphatic carbocycles. The third kappa shape index (κ3) is 2.61. The number of hydrogen-bond donors (Lipinski definition) is 0. The van der Waals surface area contributed by atoms with Crippen LogP contribution in [0.3, 0.4) is 0 Å². The molecule has 7 atom stereocenters. The lowest BCUT2D eigenvalue weighted by Gasteiger charge is -2.69. The predicted octanol–water partition coefficient (Wildman–Crippen LogP) is 4.06.